The summed E-state index contributed by atoms with van der Waals surface area (Å²) in [4.78, 5) is 47.8. The van der Waals surface area contributed by atoms with E-state index in [0.717, 1.165) is 13.8 Å². The van der Waals surface area contributed by atoms with Gasteiger partial charge in [0.15, 0.2) is 6.10 Å². The highest BCUT2D eigenvalue weighted by Crippen LogP contribution is 2.45. The van der Waals surface area contributed by atoms with Gasteiger partial charge in [0.1, 0.15) is 6.10 Å². The first-order chi connectivity index (χ1) is 12.0. The summed E-state index contributed by atoms with van der Waals surface area (Å²) in [7, 11) is 0. The van der Waals surface area contributed by atoms with Crippen LogP contribution in [-0.2, 0) is 29.7 Å². The number of nitrogens with zero attached hydrogens (tertiary/aromatic N) is 1. The van der Waals surface area contributed by atoms with Gasteiger partial charge in [-0.15, -0.1) is 0 Å². The molecule has 26 heavy (non-hydrogen) atoms. The molecule has 0 saturated carbocycles. The van der Waals surface area contributed by atoms with Gasteiger partial charge in [0.2, 0.25) is 5.82 Å². The van der Waals surface area contributed by atoms with Crippen molar-refractivity contribution in [3.63, 3.8) is 0 Å². The lowest BCUT2D eigenvalue weighted by molar-refractivity contribution is -0.391. The number of carbonyl (C=O) groups is 2. The van der Waals surface area contributed by atoms with E-state index in [-0.39, 0.29) is 10.8 Å². The Labute approximate surface area is 143 Å². The highest BCUT2D eigenvalue weighted by atomic mass is 19.1. The molecule has 1 aromatic heterocycles. The van der Waals surface area contributed by atoms with Gasteiger partial charge in [0.05, 0.1) is 12.8 Å². The molecule has 0 aliphatic carbocycles. The third-order valence-corrected chi connectivity index (χ3v) is 3.49. The van der Waals surface area contributed by atoms with Crippen molar-refractivity contribution < 1.29 is 43.5 Å². The van der Waals surface area contributed by atoms with Crippen LogP contribution < -0.4 is 11.2 Å². The van der Waals surface area contributed by atoms with Crippen molar-refractivity contribution in [2.75, 3.05) is 6.61 Å². The number of aliphatic hydroxyl groups is 3. The molecule has 4 N–H and O–H groups in total. The fraction of sp³-hybridized carbons (Fsp3) is 0.538. The summed E-state index contributed by atoms with van der Waals surface area (Å²) in [5, 5.41) is 30.2. The van der Waals surface area contributed by atoms with E-state index < -0.39 is 59.5 Å². The number of aromatic amines is 1. The minimum absolute atomic E-state index is 0.0763. The SMILES string of the molecule is CC(=O)O[C@@]1(n2cc(F)c(=O)[nH]c2=O)O[C@H](CO)[C@@H](O)[C@]1(O)OC(C)=O. The number of halogens is 1. The highest BCUT2D eigenvalue weighted by Gasteiger charge is 2.73. The Hall–Kier alpha value is -2.61. The molecule has 1 aromatic rings. The maximum absolute atomic E-state index is 13.7. The standard InChI is InChI=1S/C13H15FN2O10/c1-5(18)24-12(23)9(20)8(4-17)26-13(12,25-6(2)19)16-3-7(14)10(21)15-11(16)22/h3,8-9,17,20,23H,4H2,1-2H3,(H,15,21,22)/t8-,9-,12+,13-/m1/s1. The van der Waals surface area contributed by atoms with Gasteiger partial charge in [-0.05, 0) is 0 Å². The Morgan fingerprint density at radius 3 is 2.42 bits per heavy atom. The van der Waals surface area contributed by atoms with Gasteiger partial charge in [-0.1, -0.05) is 0 Å². The maximum atomic E-state index is 13.7. The second-order valence-corrected chi connectivity index (χ2v) is 5.36. The van der Waals surface area contributed by atoms with E-state index in [1.54, 1.807) is 0 Å². The molecule has 1 fully saturated rings. The minimum Gasteiger partial charge on any atom is -0.421 e. The second-order valence-electron chi connectivity index (χ2n) is 5.36. The van der Waals surface area contributed by atoms with Gasteiger partial charge in [-0.25, -0.2) is 9.36 Å². The van der Waals surface area contributed by atoms with Crippen LogP contribution in [0.25, 0.3) is 0 Å². The fourth-order valence-electron chi connectivity index (χ4n) is 2.51. The van der Waals surface area contributed by atoms with Crippen LogP contribution in [0.3, 0.4) is 0 Å². The van der Waals surface area contributed by atoms with E-state index in [1.165, 1.54) is 4.98 Å². The number of rotatable bonds is 4. The summed E-state index contributed by atoms with van der Waals surface area (Å²) < 4.78 is 28.3. The maximum Gasteiger partial charge on any atom is 0.377 e. The smallest absolute Gasteiger partial charge is 0.377 e. The molecule has 2 heterocycles. The van der Waals surface area contributed by atoms with Crippen molar-refractivity contribution >= 4 is 11.9 Å². The zero-order valence-corrected chi connectivity index (χ0v) is 13.5. The highest BCUT2D eigenvalue weighted by molar-refractivity contribution is 5.68. The van der Waals surface area contributed by atoms with Gasteiger partial charge in [0, 0.05) is 13.8 Å². The molecule has 12 nitrogen and oxygen atoms in total. The van der Waals surface area contributed by atoms with Crippen molar-refractivity contribution in [2.24, 2.45) is 0 Å². The number of esters is 2. The zero-order chi connectivity index (χ0) is 19.9. The van der Waals surface area contributed by atoms with Crippen LogP contribution in [0.1, 0.15) is 13.8 Å². The van der Waals surface area contributed by atoms with E-state index in [1.807, 2.05) is 0 Å². The molecule has 1 aliphatic rings. The summed E-state index contributed by atoms with van der Waals surface area (Å²) in [6.45, 7) is 0.644. The Balaban J connectivity index is 2.85. The van der Waals surface area contributed by atoms with E-state index in [2.05, 4.69) is 4.74 Å². The van der Waals surface area contributed by atoms with Crippen molar-refractivity contribution in [2.45, 2.75) is 37.8 Å². The number of nitrogens with one attached hydrogen (secondary N) is 1. The average molecular weight is 378 g/mol. The molecule has 4 atom stereocenters. The fourth-order valence-corrected chi connectivity index (χ4v) is 2.51. The van der Waals surface area contributed by atoms with Crippen LogP contribution >= 0.6 is 0 Å². The van der Waals surface area contributed by atoms with Gasteiger partial charge < -0.3 is 29.5 Å². The summed E-state index contributed by atoms with van der Waals surface area (Å²) in [6, 6.07) is 0. The largest absolute Gasteiger partial charge is 0.421 e. The molecule has 1 aliphatic heterocycles. The van der Waals surface area contributed by atoms with E-state index in [0.29, 0.717) is 0 Å². The molecule has 1 saturated heterocycles. The van der Waals surface area contributed by atoms with Crippen LogP contribution in [0.15, 0.2) is 15.8 Å². The average Bonchev–Trinajstić information content (AvgIpc) is 2.71. The van der Waals surface area contributed by atoms with Gasteiger partial charge in [-0.3, -0.25) is 19.4 Å². The molecule has 0 unspecified atom stereocenters. The molecule has 0 aromatic carbocycles. The second kappa shape index (κ2) is 6.60. The molecule has 13 heteroatoms. The van der Waals surface area contributed by atoms with Crippen LogP contribution in [0, 0.1) is 5.82 Å². The van der Waals surface area contributed by atoms with Crippen LogP contribution in [0.5, 0.6) is 0 Å². The molecule has 144 valence electrons. The summed E-state index contributed by atoms with van der Waals surface area (Å²) >= 11 is 0. The van der Waals surface area contributed by atoms with E-state index in [4.69, 9.17) is 9.47 Å². The molecule has 0 radical (unpaired) electrons. The Morgan fingerprint density at radius 1 is 1.35 bits per heavy atom. The van der Waals surface area contributed by atoms with Crippen LogP contribution in [-0.4, -0.2) is 61.4 Å². The summed E-state index contributed by atoms with van der Waals surface area (Å²) in [5.41, 5.74) is -2.87. The zero-order valence-electron chi connectivity index (χ0n) is 13.5. The molecule has 0 spiro atoms. The molecule has 2 rings (SSSR count). The molecular formula is C13H15FN2O10. The van der Waals surface area contributed by atoms with Gasteiger partial charge in [-0.2, -0.15) is 4.39 Å². The third-order valence-electron chi connectivity index (χ3n) is 3.49. The first kappa shape index (κ1) is 19.7. The molecule has 0 bridgehead atoms. The third kappa shape index (κ3) is 2.90. The topological polar surface area (TPSA) is 177 Å². The lowest BCUT2D eigenvalue weighted by Gasteiger charge is -2.38. The number of hydrogen-bond donors (Lipinski definition) is 4. The predicted octanol–water partition coefficient (Wildman–Crippen LogP) is -3.15. The Kier molecular flexibility index (Phi) is 5.01. The van der Waals surface area contributed by atoms with Crippen molar-refractivity contribution in [3.05, 3.63) is 32.9 Å². The lowest BCUT2D eigenvalue weighted by Crippen LogP contribution is -2.64. The van der Waals surface area contributed by atoms with E-state index in [9.17, 15) is 38.9 Å². The Bertz CT molecular complexity index is 850. The van der Waals surface area contributed by atoms with Crippen LogP contribution in [0.2, 0.25) is 0 Å². The summed E-state index contributed by atoms with van der Waals surface area (Å²) in [5.74, 6) is -10.4. The first-order valence-corrected chi connectivity index (χ1v) is 7.08. The number of ether oxygens (including phenoxy) is 3. The normalized spacial score (nSPS) is 30.8. The minimum atomic E-state index is -3.27. The number of aromatic nitrogens is 2. The van der Waals surface area contributed by atoms with E-state index >= 15 is 0 Å². The molecular weight excluding hydrogens is 363 g/mol. The predicted molar refractivity (Wildman–Crippen MR) is 75.7 cm³/mol. The van der Waals surface area contributed by atoms with Gasteiger partial charge in [0.25, 0.3) is 5.56 Å². The van der Waals surface area contributed by atoms with Crippen molar-refractivity contribution in [1.29, 1.82) is 0 Å². The van der Waals surface area contributed by atoms with Gasteiger partial charge >= 0.3 is 29.3 Å². The molecule has 0 amide bonds. The Morgan fingerprint density at radius 2 is 1.92 bits per heavy atom. The monoisotopic (exact) mass is 378 g/mol. The number of H-pyrrole nitrogens is 1. The lowest BCUT2D eigenvalue weighted by atomic mass is 10.0. The summed E-state index contributed by atoms with van der Waals surface area (Å²) in [6.07, 6.45) is -3.73. The van der Waals surface area contributed by atoms with Crippen molar-refractivity contribution in [3.8, 4) is 0 Å². The van der Waals surface area contributed by atoms with Crippen molar-refractivity contribution in [1.82, 2.24) is 9.55 Å². The van der Waals surface area contributed by atoms with Crippen LogP contribution in [0.4, 0.5) is 4.39 Å². The number of aliphatic hydroxyl groups excluding tert-OH is 2. The number of carbonyl (C=O) groups excluding carboxylic acids is 2. The quantitative estimate of drug-likeness (QED) is 0.309. The first-order valence-electron chi connectivity index (χ1n) is 7.08. The number of hydrogen-bond acceptors (Lipinski definition) is 10.